The van der Waals surface area contributed by atoms with Gasteiger partial charge in [-0.05, 0) is 96.1 Å². The molecule has 0 aliphatic carbocycles. The predicted molar refractivity (Wildman–Crippen MR) is 244 cm³/mol. The van der Waals surface area contributed by atoms with E-state index in [-0.39, 0.29) is 0 Å². The number of nitrogens with zero attached hydrogens (tertiary/aromatic N) is 2. The van der Waals surface area contributed by atoms with Crippen LogP contribution in [0.2, 0.25) is 39.3 Å². The van der Waals surface area contributed by atoms with Crippen LogP contribution in [-0.2, 0) is 0 Å². The summed E-state index contributed by atoms with van der Waals surface area (Å²) in [4.78, 5) is 4.91. The van der Waals surface area contributed by atoms with Gasteiger partial charge in [0, 0.05) is 33.5 Å². The zero-order chi connectivity index (χ0) is 37.8. The number of fused-ring (bicyclic) bond motifs is 5. The summed E-state index contributed by atoms with van der Waals surface area (Å²) in [5.74, 6) is 0. The van der Waals surface area contributed by atoms with E-state index < -0.39 is 16.1 Å². The molecule has 0 aliphatic rings. The molecule has 0 saturated heterocycles. The second kappa shape index (κ2) is 13.8. The summed E-state index contributed by atoms with van der Waals surface area (Å²) >= 11 is 0. The van der Waals surface area contributed by atoms with E-state index in [1.165, 1.54) is 76.6 Å². The number of rotatable bonds is 8. The van der Waals surface area contributed by atoms with Crippen LogP contribution in [0.1, 0.15) is 11.1 Å². The van der Waals surface area contributed by atoms with Crippen molar-refractivity contribution in [3.63, 3.8) is 0 Å². The highest BCUT2D eigenvalue weighted by Crippen LogP contribution is 2.47. The Balaban J connectivity index is 1.42. The topological polar surface area (TPSA) is 6.48 Å². The largest absolute Gasteiger partial charge is 0.310 e. The van der Waals surface area contributed by atoms with Crippen LogP contribution < -0.4 is 20.2 Å². The van der Waals surface area contributed by atoms with Crippen LogP contribution in [0.15, 0.2) is 158 Å². The smallest absolute Gasteiger partial charge is 0.0775 e. The van der Waals surface area contributed by atoms with Crippen molar-refractivity contribution < 1.29 is 0 Å². The first kappa shape index (κ1) is 35.6. The Morgan fingerprint density at radius 2 is 0.593 bits per heavy atom. The van der Waals surface area contributed by atoms with Gasteiger partial charge in [0.1, 0.15) is 0 Å². The fourth-order valence-corrected chi connectivity index (χ4v) is 10.1. The van der Waals surface area contributed by atoms with Crippen LogP contribution in [-0.4, -0.2) is 16.1 Å². The fraction of sp³-hybridized carbons (Fsp3) is 0.160. The van der Waals surface area contributed by atoms with Crippen molar-refractivity contribution in [2.75, 3.05) is 9.80 Å². The Morgan fingerprint density at radius 3 is 0.889 bits per heavy atom. The third-order valence-corrected chi connectivity index (χ3v) is 15.0. The Morgan fingerprint density at radius 1 is 0.315 bits per heavy atom. The first-order valence-corrected chi connectivity index (χ1v) is 26.2. The zero-order valence-corrected chi connectivity index (χ0v) is 34.9. The van der Waals surface area contributed by atoms with Crippen LogP contribution in [0, 0.1) is 13.8 Å². The number of hydrogen-bond donors (Lipinski definition) is 0. The summed E-state index contributed by atoms with van der Waals surface area (Å²) in [5, 5.41) is 10.4. The molecule has 0 aromatic heterocycles. The summed E-state index contributed by atoms with van der Waals surface area (Å²) in [6, 6.07) is 59.4. The maximum Gasteiger partial charge on any atom is 0.0775 e. The predicted octanol–water partition coefficient (Wildman–Crippen LogP) is 13.8. The van der Waals surface area contributed by atoms with Crippen LogP contribution in [0.4, 0.5) is 34.1 Å². The van der Waals surface area contributed by atoms with E-state index in [1.807, 2.05) is 0 Å². The van der Waals surface area contributed by atoms with Gasteiger partial charge < -0.3 is 9.80 Å². The van der Waals surface area contributed by atoms with Crippen molar-refractivity contribution in [3.8, 4) is 0 Å². The summed E-state index contributed by atoms with van der Waals surface area (Å²) < 4.78 is 0. The SMILES string of the molecule is Cc1ccc(N(c2ccc(C)cc2)c2cc3c4ccccc4c(N(c4ccc([Si](C)(C)C)cc4)c4ccc([Si](C)(C)C)cc4)cc3c3ccccc23)cc1. The second-order valence-electron chi connectivity index (χ2n) is 16.9. The van der Waals surface area contributed by atoms with Crippen molar-refractivity contribution in [1.29, 1.82) is 0 Å². The third-order valence-electron chi connectivity index (χ3n) is 10.9. The number of anilines is 6. The van der Waals surface area contributed by atoms with Gasteiger partial charge in [-0.2, -0.15) is 0 Å². The van der Waals surface area contributed by atoms with Gasteiger partial charge >= 0.3 is 0 Å². The Kier molecular flexibility index (Phi) is 9.08. The minimum atomic E-state index is -1.48. The molecule has 54 heavy (non-hydrogen) atoms. The van der Waals surface area contributed by atoms with Crippen LogP contribution in [0.25, 0.3) is 32.3 Å². The maximum atomic E-state index is 2.48. The fourth-order valence-electron chi connectivity index (χ4n) is 7.75. The highest BCUT2D eigenvalue weighted by Gasteiger charge is 2.24. The molecule has 8 aromatic rings. The van der Waals surface area contributed by atoms with Crippen molar-refractivity contribution in [3.05, 3.63) is 169 Å². The molecular formula is C50H50N2Si2. The van der Waals surface area contributed by atoms with E-state index in [2.05, 4.69) is 221 Å². The molecule has 2 nitrogen and oxygen atoms in total. The number of benzene rings is 8. The van der Waals surface area contributed by atoms with Gasteiger partial charge in [-0.15, -0.1) is 0 Å². The molecule has 0 atom stereocenters. The van der Waals surface area contributed by atoms with Gasteiger partial charge in [0.25, 0.3) is 0 Å². The molecule has 0 aliphatic heterocycles. The normalized spacial score (nSPS) is 12.1. The summed E-state index contributed by atoms with van der Waals surface area (Å²) in [7, 11) is -2.95. The molecule has 4 heteroatoms. The average molecular weight is 735 g/mol. The minimum Gasteiger partial charge on any atom is -0.310 e. The molecule has 0 spiro atoms. The van der Waals surface area contributed by atoms with E-state index in [1.54, 1.807) is 0 Å². The van der Waals surface area contributed by atoms with Crippen LogP contribution in [0.5, 0.6) is 0 Å². The van der Waals surface area contributed by atoms with Crippen molar-refractivity contribution in [2.24, 2.45) is 0 Å². The lowest BCUT2D eigenvalue weighted by atomic mass is 9.93. The van der Waals surface area contributed by atoms with Crippen molar-refractivity contribution >= 4 is 93.0 Å². The van der Waals surface area contributed by atoms with Gasteiger partial charge in [-0.3, -0.25) is 0 Å². The molecule has 0 fully saturated rings. The van der Waals surface area contributed by atoms with Crippen molar-refractivity contribution in [2.45, 2.75) is 53.1 Å². The highest BCUT2D eigenvalue weighted by atomic mass is 28.3. The molecule has 0 radical (unpaired) electrons. The van der Waals surface area contributed by atoms with Gasteiger partial charge in [-0.25, -0.2) is 0 Å². The van der Waals surface area contributed by atoms with Crippen LogP contribution >= 0.6 is 0 Å². The molecule has 0 N–H and O–H groups in total. The zero-order valence-electron chi connectivity index (χ0n) is 32.9. The Labute approximate surface area is 323 Å². The first-order valence-electron chi connectivity index (χ1n) is 19.2. The summed E-state index contributed by atoms with van der Waals surface area (Å²) in [5.41, 5.74) is 9.49. The van der Waals surface area contributed by atoms with E-state index in [0.717, 1.165) is 11.4 Å². The third kappa shape index (κ3) is 6.65. The monoisotopic (exact) mass is 734 g/mol. The molecule has 0 saturated carbocycles. The molecule has 0 bridgehead atoms. The molecule has 0 amide bonds. The quantitative estimate of drug-likeness (QED) is 0.113. The highest BCUT2D eigenvalue weighted by molar-refractivity contribution is 6.89. The molecule has 268 valence electrons. The van der Waals surface area contributed by atoms with E-state index in [0.29, 0.717) is 0 Å². The molecular weight excluding hydrogens is 685 g/mol. The van der Waals surface area contributed by atoms with Crippen molar-refractivity contribution in [1.82, 2.24) is 0 Å². The summed E-state index contributed by atoms with van der Waals surface area (Å²) in [6.07, 6.45) is 0. The first-order chi connectivity index (χ1) is 25.9. The average Bonchev–Trinajstić information content (AvgIpc) is 3.16. The molecule has 0 heterocycles. The summed E-state index contributed by atoms with van der Waals surface area (Å²) in [6.45, 7) is 18.8. The minimum absolute atomic E-state index is 1.14. The van der Waals surface area contributed by atoms with E-state index >= 15 is 0 Å². The van der Waals surface area contributed by atoms with E-state index in [4.69, 9.17) is 0 Å². The van der Waals surface area contributed by atoms with Gasteiger partial charge in [0.05, 0.1) is 27.5 Å². The molecule has 8 rings (SSSR count). The lowest BCUT2D eigenvalue weighted by Gasteiger charge is -2.30. The lowest BCUT2D eigenvalue weighted by molar-refractivity contribution is 1.28. The van der Waals surface area contributed by atoms with Crippen LogP contribution in [0.3, 0.4) is 0 Å². The number of hydrogen-bond acceptors (Lipinski definition) is 2. The lowest BCUT2D eigenvalue weighted by Crippen LogP contribution is -2.37. The molecule has 0 unspecified atom stereocenters. The van der Waals surface area contributed by atoms with Gasteiger partial charge in [0.2, 0.25) is 0 Å². The van der Waals surface area contributed by atoms with Gasteiger partial charge in [-0.1, -0.05) is 158 Å². The second-order valence-corrected chi connectivity index (χ2v) is 27.1. The Hall–Kier alpha value is -5.43. The molecule has 8 aromatic carbocycles. The van der Waals surface area contributed by atoms with Gasteiger partial charge in [0.15, 0.2) is 0 Å². The Bertz CT molecular complexity index is 2510. The maximum absolute atomic E-state index is 2.48. The standard InChI is InChI=1S/C50H50N2Si2/c1-35-17-21-37(22-18-35)51(38-23-19-36(2)20-24-38)49-33-47-44-14-10-12-16-46(44)50(34-48(47)43-13-9-11-15-45(43)49)52(39-25-29-41(30-26-39)53(3,4)5)40-27-31-42(32-28-40)54(6,7)8/h9-34H,1-8H3. The van der Waals surface area contributed by atoms with E-state index in [9.17, 15) is 0 Å². The number of aryl methyl sites for hydroxylation is 2.